The summed E-state index contributed by atoms with van der Waals surface area (Å²) in [5, 5.41) is 3.52. The van der Waals surface area contributed by atoms with E-state index in [2.05, 4.69) is 23.3 Å². The van der Waals surface area contributed by atoms with Crippen molar-refractivity contribution in [3.63, 3.8) is 0 Å². The van der Waals surface area contributed by atoms with Crippen molar-refractivity contribution in [1.29, 1.82) is 0 Å². The molecule has 0 aromatic carbocycles. The Morgan fingerprint density at radius 1 is 1.42 bits per heavy atom. The number of nitrogens with one attached hydrogen (secondary N) is 1. The minimum Gasteiger partial charge on any atom is -0.481 e. The summed E-state index contributed by atoms with van der Waals surface area (Å²) in [5.41, 5.74) is 1.14. The third-order valence-electron chi connectivity index (χ3n) is 4.13. The minimum atomic E-state index is 0.737. The van der Waals surface area contributed by atoms with Crippen LogP contribution < -0.4 is 10.1 Å². The lowest BCUT2D eigenvalue weighted by molar-refractivity contribution is 0.267. The SMILES string of the molecule is COc1ncccc1CNCCC1CCCC(C)C1. The zero-order valence-electron chi connectivity index (χ0n) is 12.2. The van der Waals surface area contributed by atoms with Crippen molar-refractivity contribution in [2.45, 2.75) is 45.6 Å². The molecule has 0 aliphatic heterocycles. The van der Waals surface area contributed by atoms with E-state index in [1.54, 1.807) is 13.3 Å². The molecule has 0 bridgehead atoms. The second-order valence-corrected chi connectivity index (χ2v) is 5.78. The summed E-state index contributed by atoms with van der Waals surface area (Å²) < 4.78 is 5.26. The van der Waals surface area contributed by atoms with Gasteiger partial charge in [-0.3, -0.25) is 0 Å². The number of aromatic nitrogens is 1. The molecule has 1 aliphatic carbocycles. The van der Waals surface area contributed by atoms with Gasteiger partial charge in [0, 0.05) is 18.3 Å². The number of hydrogen-bond acceptors (Lipinski definition) is 3. The Kier molecular flexibility index (Phi) is 5.64. The fourth-order valence-corrected chi connectivity index (χ4v) is 3.09. The predicted octanol–water partition coefficient (Wildman–Crippen LogP) is 3.40. The highest BCUT2D eigenvalue weighted by atomic mass is 16.5. The van der Waals surface area contributed by atoms with Crippen LogP contribution in [0.25, 0.3) is 0 Å². The molecule has 2 atom stereocenters. The molecule has 19 heavy (non-hydrogen) atoms. The Bertz CT molecular complexity index is 381. The van der Waals surface area contributed by atoms with Crippen LogP contribution in [0.1, 0.15) is 44.6 Å². The molecule has 1 N–H and O–H groups in total. The molecule has 1 heterocycles. The van der Waals surface area contributed by atoms with Crippen molar-refractivity contribution in [2.75, 3.05) is 13.7 Å². The van der Waals surface area contributed by atoms with E-state index < -0.39 is 0 Å². The van der Waals surface area contributed by atoms with Gasteiger partial charge in [-0.25, -0.2) is 4.98 Å². The standard InChI is InChI=1S/C16H26N2O/c1-13-5-3-6-14(11-13)8-10-17-12-15-7-4-9-18-16(15)19-2/h4,7,9,13-14,17H,3,5-6,8,10-12H2,1-2H3. The fourth-order valence-electron chi connectivity index (χ4n) is 3.09. The van der Waals surface area contributed by atoms with Crippen molar-refractivity contribution in [3.8, 4) is 5.88 Å². The molecule has 1 saturated carbocycles. The number of methoxy groups -OCH3 is 1. The van der Waals surface area contributed by atoms with E-state index in [-0.39, 0.29) is 0 Å². The van der Waals surface area contributed by atoms with Gasteiger partial charge in [0.1, 0.15) is 0 Å². The second-order valence-electron chi connectivity index (χ2n) is 5.78. The van der Waals surface area contributed by atoms with Crippen LogP contribution in [0.15, 0.2) is 18.3 Å². The lowest BCUT2D eigenvalue weighted by atomic mass is 9.81. The molecule has 3 nitrogen and oxygen atoms in total. The van der Waals surface area contributed by atoms with Gasteiger partial charge in [-0.1, -0.05) is 32.3 Å². The summed E-state index contributed by atoms with van der Waals surface area (Å²) in [7, 11) is 1.68. The molecule has 0 spiro atoms. The van der Waals surface area contributed by atoms with Crippen molar-refractivity contribution in [3.05, 3.63) is 23.9 Å². The van der Waals surface area contributed by atoms with E-state index in [0.717, 1.165) is 36.4 Å². The molecular weight excluding hydrogens is 236 g/mol. The van der Waals surface area contributed by atoms with Crippen molar-refractivity contribution in [2.24, 2.45) is 11.8 Å². The summed E-state index contributed by atoms with van der Waals surface area (Å²) in [6.07, 6.45) is 8.75. The maximum Gasteiger partial charge on any atom is 0.217 e. The number of nitrogens with zero attached hydrogens (tertiary/aromatic N) is 1. The van der Waals surface area contributed by atoms with Gasteiger partial charge in [-0.15, -0.1) is 0 Å². The van der Waals surface area contributed by atoms with Crippen LogP contribution in [0.3, 0.4) is 0 Å². The summed E-state index contributed by atoms with van der Waals surface area (Å²) in [4.78, 5) is 4.21. The van der Waals surface area contributed by atoms with Gasteiger partial charge in [0.2, 0.25) is 5.88 Å². The van der Waals surface area contributed by atoms with Gasteiger partial charge >= 0.3 is 0 Å². The van der Waals surface area contributed by atoms with Crippen molar-refractivity contribution < 1.29 is 4.74 Å². The monoisotopic (exact) mass is 262 g/mol. The zero-order chi connectivity index (χ0) is 13.5. The van der Waals surface area contributed by atoms with E-state index in [4.69, 9.17) is 4.74 Å². The van der Waals surface area contributed by atoms with Crippen LogP contribution >= 0.6 is 0 Å². The number of rotatable bonds is 6. The van der Waals surface area contributed by atoms with Crippen LogP contribution in [-0.4, -0.2) is 18.6 Å². The van der Waals surface area contributed by atoms with Gasteiger partial charge in [0.05, 0.1) is 7.11 Å². The first-order chi connectivity index (χ1) is 9.29. The molecule has 1 fully saturated rings. The van der Waals surface area contributed by atoms with Gasteiger partial charge < -0.3 is 10.1 Å². The van der Waals surface area contributed by atoms with Crippen molar-refractivity contribution >= 4 is 0 Å². The summed E-state index contributed by atoms with van der Waals surface area (Å²) in [6, 6.07) is 4.03. The third kappa shape index (κ3) is 4.50. The average Bonchev–Trinajstić information content (AvgIpc) is 2.44. The van der Waals surface area contributed by atoms with Gasteiger partial charge in [-0.2, -0.15) is 0 Å². The average molecular weight is 262 g/mol. The van der Waals surface area contributed by atoms with Crippen LogP contribution in [0, 0.1) is 11.8 Å². The molecule has 0 amide bonds. The second kappa shape index (κ2) is 7.49. The first-order valence-electron chi connectivity index (χ1n) is 7.48. The Balaban J connectivity index is 1.69. The maximum absolute atomic E-state index is 5.26. The first kappa shape index (κ1) is 14.3. The van der Waals surface area contributed by atoms with Gasteiger partial charge in [-0.05, 0) is 37.3 Å². The van der Waals surface area contributed by atoms with Crippen LogP contribution in [0.2, 0.25) is 0 Å². The molecule has 2 rings (SSSR count). The van der Waals surface area contributed by atoms with E-state index in [1.807, 2.05) is 6.07 Å². The van der Waals surface area contributed by atoms with E-state index >= 15 is 0 Å². The smallest absolute Gasteiger partial charge is 0.217 e. The summed E-state index contributed by atoms with van der Waals surface area (Å²) in [5.74, 6) is 2.59. The zero-order valence-corrected chi connectivity index (χ0v) is 12.2. The van der Waals surface area contributed by atoms with Crippen LogP contribution in [0.4, 0.5) is 0 Å². The fraction of sp³-hybridized carbons (Fsp3) is 0.688. The number of ether oxygens (including phenoxy) is 1. The number of pyridine rings is 1. The van der Waals surface area contributed by atoms with E-state index in [9.17, 15) is 0 Å². The Labute approximate surface area is 116 Å². The predicted molar refractivity (Wildman–Crippen MR) is 78.2 cm³/mol. The topological polar surface area (TPSA) is 34.1 Å². The maximum atomic E-state index is 5.26. The molecule has 1 aliphatic rings. The molecule has 106 valence electrons. The van der Waals surface area contributed by atoms with Crippen LogP contribution in [-0.2, 0) is 6.54 Å². The lowest BCUT2D eigenvalue weighted by Crippen LogP contribution is -2.21. The lowest BCUT2D eigenvalue weighted by Gasteiger charge is -2.26. The third-order valence-corrected chi connectivity index (χ3v) is 4.13. The first-order valence-corrected chi connectivity index (χ1v) is 7.48. The largest absolute Gasteiger partial charge is 0.481 e. The number of hydrogen-bond donors (Lipinski definition) is 1. The highest BCUT2D eigenvalue weighted by Crippen LogP contribution is 2.30. The molecule has 0 saturated heterocycles. The van der Waals surface area contributed by atoms with Crippen molar-refractivity contribution in [1.82, 2.24) is 10.3 Å². The Hall–Kier alpha value is -1.09. The minimum absolute atomic E-state index is 0.737. The molecule has 1 aromatic rings. The highest BCUT2D eigenvalue weighted by Gasteiger charge is 2.18. The molecule has 0 radical (unpaired) electrons. The molecule has 1 aromatic heterocycles. The Morgan fingerprint density at radius 3 is 3.11 bits per heavy atom. The summed E-state index contributed by atoms with van der Waals surface area (Å²) in [6.45, 7) is 4.33. The van der Waals surface area contributed by atoms with E-state index in [1.165, 1.54) is 32.1 Å². The van der Waals surface area contributed by atoms with Gasteiger partial charge in [0.15, 0.2) is 0 Å². The molecular formula is C16H26N2O. The molecule has 2 unspecified atom stereocenters. The summed E-state index contributed by atoms with van der Waals surface area (Å²) >= 11 is 0. The van der Waals surface area contributed by atoms with Gasteiger partial charge in [0.25, 0.3) is 0 Å². The normalized spacial score (nSPS) is 23.3. The van der Waals surface area contributed by atoms with E-state index in [0.29, 0.717) is 0 Å². The molecule has 3 heteroatoms. The Morgan fingerprint density at radius 2 is 2.32 bits per heavy atom. The highest BCUT2D eigenvalue weighted by molar-refractivity contribution is 5.24. The van der Waals surface area contributed by atoms with Crippen LogP contribution in [0.5, 0.6) is 5.88 Å². The quantitative estimate of drug-likeness (QED) is 0.798.